The van der Waals surface area contributed by atoms with Crippen LogP contribution in [0.2, 0.25) is 0 Å². The van der Waals surface area contributed by atoms with Crippen molar-refractivity contribution < 1.29 is 9.53 Å². The van der Waals surface area contributed by atoms with E-state index in [2.05, 4.69) is 10.6 Å². The summed E-state index contributed by atoms with van der Waals surface area (Å²) in [5, 5.41) is 6.21. The molecule has 2 N–H and O–H groups in total. The van der Waals surface area contributed by atoms with Gasteiger partial charge in [0.05, 0.1) is 19.1 Å². The molecule has 12 heavy (non-hydrogen) atoms. The number of hydrogen-bond acceptors (Lipinski definition) is 3. The minimum absolute atomic E-state index is 0.00579. The Balaban J connectivity index is 2.07. The summed E-state index contributed by atoms with van der Waals surface area (Å²) in [5.41, 5.74) is 0. The van der Waals surface area contributed by atoms with E-state index in [4.69, 9.17) is 4.74 Å². The molecule has 3 aliphatic heterocycles. The fourth-order valence-electron chi connectivity index (χ4n) is 1.65. The Bertz CT molecular complexity index is 174. The molecule has 0 aliphatic carbocycles. The predicted octanol–water partition coefficient (Wildman–Crippen LogP) is -1.03. The van der Waals surface area contributed by atoms with Crippen molar-refractivity contribution >= 4 is 5.91 Å². The average Bonchev–Trinajstić information content (AvgIpc) is 1.97. The van der Waals surface area contributed by atoms with Crippen LogP contribution in [0.4, 0.5) is 0 Å². The van der Waals surface area contributed by atoms with Crippen LogP contribution in [0.15, 0.2) is 0 Å². The Morgan fingerprint density at radius 3 is 3.08 bits per heavy atom. The maximum atomic E-state index is 11.3. The van der Waals surface area contributed by atoms with Crippen molar-refractivity contribution in [1.29, 1.82) is 0 Å². The van der Waals surface area contributed by atoms with Gasteiger partial charge in [-0.25, -0.2) is 0 Å². The van der Waals surface area contributed by atoms with Crippen molar-refractivity contribution in [2.75, 3.05) is 32.8 Å². The van der Waals surface area contributed by atoms with Crippen LogP contribution in [-0.2, 0) is 9.53 Å². The molecule has 0 radical (unpaired) electrons. The second kappa shape index (κ2) is 3.41. The zero-order valence-electron chi connectivity index (χ0n) is 7.01. The standard InChI is InChI=1S/C8H14N2O2/c11-8-7-3-9-1-6(2-10-8)4-12-5-7/h6-7,9H,1-5H2,(H,10,11). The van der Waals surface area contributed by atoms with Crippen LogP contribution in [0, 0.1) is 11.8 Å². The number of carbonyl (C=O) groups is 1. The van der Waals surface area contributed by atoms with Crippen molar-refractivity contribution in [3.05, 3.63) is 0 Å². The van der Waals surface area contributed by atoms with Gasteiger partial charge in [0.2, 0.25) is 5.91 Å². The third kappa shape index (κ3) is 1.59. The normalized spacial score (nSPS) is 36.5. The zero-order valence-corrected chi connectivity index (χ0v) is 7.01. The number of hydrogen-bond donors (Lipinski definition) is 2. The Hall–Kier alpha value is -0.610. The number of rotatable bonds is 0. The van der Waals surface area contributed by atoms with Crippen molar-refractivity contribution in [3.8, 4) is 0 Å². The first-order chi connectivity index (χ1) is 5.86. The molecule has 0 spiro atoms. The maximum Gasteiger partial charge on any atom is 0.226 e. The van der Waals surface area contributed by atoms with Gasteiger partial charge in [0, 0.05) is 25.6 Å². The van der Waals surface area contributed by atoms with E-state index in [1.54, 1.807) is 0 Å². The summed E-state index contributed by atoms with van der Waals surface area (Å²) in [7, 11) is 0. The van der Waals surface area contributed by atoms with Crippen LogP contribution in [-0.4, -0.2) is 38.8 Å². The van der Waals surface area contributed by atoms with Crippen molar-refractivity contribution in [2.45, 2.75) is 0 Å². The molecule has 0 aromatic rings. The third-order valence-corrected chi connectivity index (χ3v) is 2.43. The molecule has 3 heterocycles. The molecule has 2 atom stereocenters. The highest BCUT2D eigenvalue weighted by atomic mass is 16.5. The Labute approximate surface area is 71.7 Å². The predicted molar refractivity (Wildman–Crippen MR) is 43.7 cm³/mol. The van der Waals surface area contributed by atoms with Crippen LogP contribution >= 0.6 is 0 Å². The van der Waals surface area contributed by atoms with Crippen molar-refractivity contribution in [3.63, 3.8) is 0 Å². The van der Waals surface area contributed by atoms with E-state index in [0.29, 0.717) is 12.5 Å². The smallest absolute Gasteiger partial charge is 0.226 e. The van der Waals surface area contributed by atoms with Gasteiger partial charge in [-0.15, -0.1) is 0 Å². The van der Waals surface area contributed by atoms with Crippen molar-refractivity contribution in [1.82, 2.24) is 10.6 Å². The fraction of sp³-hybridized carbons (Fsp3) is 0.875. The van der Waals surface area contributed by atoms with Gasteiger partial charge in [-0.05, 0) is 0 Å². The van der Waals surface area contributed by atoms with Gasteiger partial charge in [0.15, 0.2) is 0 Å². The van der Waals surface area contributed by atoms with E-state index in [1.165, 1.54) is 0 Å². The van der Waals surface area contributed by atoms with E-state index in [0.717, 1.165) is 26.2 Å². The number of carbonyl (C=O) groups excluding carboxylic acids is 1. The van der Waals surface area contributed by atoms with Gasteiger partial charge in [-0.2, -0.15) is 0 Å². The lowest BCUT2D eigenvalue weighted by molar-refractivity contribution is -0.129. The molecule has 0 aromatic heterocycles. The molecule has 2 bridgehead atoms. The second-order valence-electron chi connectivity index (χ2n) is 3.50. The summed E-state index contributed by atoms with van der Waals surface area (Å²) in [4.78, 5) is 11.3. The third-order valence-electron chi connectivity index (χ3n) is 2.43. The Kier molecular flexibility index (Phi) is 2.28. The average molecular weight is 170 g/mol. The second-order valence-corrected chi connectivity index (χ2v) is 3.50. The van der Waals surface area contributed by atoms with Crippen LogP contribution in [0.3, 0.4) is 0 Å². The summed E-state index contributed by atoms with van der Waals surface area (Å²) in [6.07, 6.45) is 0. The lowest BCUT2D eigenvalue weighted by atomic mass is 10.0. The van der Waals surface area contributed by atoms with Gasteiger partial charge < -0.3 is 15.4 Å². The molecule has 3 saturated heterocycles. The van der Waals surface area contributed by atoms with E-state index in [1.807, 2.05) is 0 Å². The number of amides is 1. The molecule has 4 nitrogen and oxygen atoms in total. The van der Waals surface area contributed by atoms with Crippen molar-refractivity contribution in [2.24, 2.45) is 11.8 Å². The van der Waals surface area contributed by atoms with Crippen LogP contribution in [0.1, 0.15) is 0 Å². The highest BCUT2D eigenvalue weighted by molar-refractivity contribution is 5.79. The largest absolute Gasteiger partial charge is 0.380 e. The molecule has 68 valence electrons. The molecule has 3 rings (SSSR count). The summed E-state index contributed by atoms with van der Waals surface area (Å²) >= 11 is 0. The Morgan fingerprint density at radius 1 is 1.25 bits per heavy atom. The molecule has 0 aromatic carbocycles. The summed E-state index contributed by atoms with van der Waals surface area (Å²) in [6.45, 7) is 3.79. The fourth-order valence-corrected chi connectivity index (χ4v) is 1.65. The van der Waals surface area contributed by atoms with Gasteiger partial charge in [-0.3, -0.25) is 4.79 Å². The lowest BCUT2D eigenvalue weighted by Crippen LogP contribution is -2.50. The molecule has 3 fully saturated rings. The van der Waals surface area contributed by atoms with Gasteiger partial charge in [0.25, 0.3) is 0 Å². The topological polar surface area (TPSA) is 50.4 Å². The van der Waals surface area contributed by atoms with E-state index in [-0.39, 0.29) is 11.8 Å². The highest BCUT2D eigenvalue weighted by Gasteiger charge is 2.26. The van der Waals surface area contributed by atoms with E-state index >= 15 is 0 Å². The lowest BCUT2D eigenvalue weighted by Gasteiger charge is -2.29. The first-order valence-electron chi connectivity index (χ1n) is 4.42. The first-order valence-corrected chi connectivity index (χ1v) is 4.42. The Morgan fingerprint density at radius 2 is 2.17 bits per heavy atom. The SMILES string of the molecule is O=C1NCC2CNCC1COC2. The summed E-state index contributed by atoms with van der Waals surface area (Å²) in [5.74, 6) is 0.577. The monoisotopic (exact) mass is 170 g/mol. The van der Waals surface area contributed by atoms with Gasteiger partial charge in [-0.1, -0.05) is 0 Å². The number of nitrogens with one attached hydrogen (secondary N) is 2. The zero-order chi connectivity index (χ0) is 8.39. The molecule has 4 heteroatoms. The molecule has 1 amide bonds. The van der Waals surface area contributed by atoms with Crippen LogP contribution in [0.25, 0.3) is 0 Å². The van der Waals surface area contributed by atoms with E-state index < -0.39 is 0 Å². The van der Waals surface area contributed by atoms with Gasteiger partial charge >= 0.3 is 0 Å². The van der Waals surface area contributed by atoms with Crippen LogP contribution < -0.4 is 10.6 Å². The van der Waals surface area contributed by atoms with E-state index in [9.17, 15) is 4.79 Å². The quantitative estimate of drug-likeness (QED) is 0.488. The molecular weight excluding hydrogens is 156 g/mol. The van der Waals surface area contributed by atoms with Crippen LogP contribution in [0.5, 0.6) is 0 Å². The number of fused-ring (bicyclic) bond motifs is 6. The highest BCUT2D eigenvalue weighted by Crippen LogP contribution is 2.08. The molecular formula is C8H14N2O2. The number of ether oxygens (including phenoxy) is 1. The molecule has 3 aliphatic rings. The maximum absolute atomic E-state index is 11.3. The minimum atomic E-state index is 0.00579. The van der Waals surface area contributed by atoms with Gasteiger partial charge in [0.1, 0.15) is 0 Å². The summed E-state index contributed by atoms with van der Waals surface area (Å²) < 4.78 is 5.41. The molecule has 0 saturated carbocycles. The minimum Gasteiger partial charge on any atom is -0.380 e. The first kappa shape index (κ1) is 8.01. The summed E-state index contributed by atoms with van der Waals surface area (Å²) in [6, 6.07) is 0. The molecule has 2 unspecified atom stereocenters.